The van der Waals surface area contributed by atoms with Crippen LogP contribution >= 0.6 is 0 Å². The SMILES string of the molecule is C=CC(=O)OCCCCCCOc1ccc2cc(C(=O)Oc3ccc(OC(=O)c4ccc5cc(OC(=O)c6ccc(OCCCCCCCC[C@@H]7CO7)cc6)ccc5c4)c(CCC)c3)ccc2c1. The lowest BCUT2D eigenvalue weighted by Gasteiger charge is -2.13. The molecule has 0 saturated carbocycles. The highest BCUT2D eigenvalue weighted by atomic mass is 16.6. The van der Waals surface area contributed by atoms with Gasteiger partial charge < -0.3 is 33.2 Å². The number of rotatable bonds is 27. The number of carbonyl (C=O) groups excluding carboxylic acids is 4. The number of ether oxygens (including phenoxy) is 7. The lowest BCUT2D eigenvalue weighted by Crippen LogP contribution is -2.11. The Bertz CT molecular complexity index is 2670. The van der Waals surface area contributed by atoms with Crippen LogP contribution in [0.2, 0.25) is 0 Å². The standard InChI is InChI=1S/C57H60O11/c1-3-15-45-38-51(67-56(60)46-19-17-43-36-49(27-23-41(43)34-46)63-32-13-9-10-14-33-64-54(58)4-2)29-30-53(45)68-57(61)47-20-18-44-37-50(28-24-42(44)35-47)66-55(59)40-21-25-48(26-22-40)62-31-12-8-6-5-7-11-16-52-39-65-52/h4,17-30,34-38,52H,2-3,5-16,31-33,39H2,1H3/t52-/m1/s1. The van der Waals surface area contributed by atoms with Crippen molar-refractivity contribution in [2.45, 2.75) is 96.5 Å². The van der Waals surface area contributed by atoms with Gasteiger partial charge in [0.15, 0.2) is 0 Å². The minimum atomic E-state index is -0.534. The molecule has 11 heteroatoms. The summed E-state index contributed by atoms with van der Waals surface area (Å²) in [6.07, 6.45) is 14.9. The highest BCUT2D eigenvalue weighted by Gasteiger charge is 2.21. The maximum atomic E-state index is 13.5. The normalized spacial score (nSPS) is 12.9. The first-order valence-corrected chi connectivity index (χ1v) is 23.9. The molecule has 0 spiro atoms. The van der Waals surface area contributed by atoms with Crippen LogP contribution in [0.4, 0.5) is 0 Å². The van der Waals surface area contributed by atoms with Crippen LogP contribution in [0.25, 0.3) is 21.5 Å². The molecule has 0 aliphatic carbocycles. The van der Waals surface area contributed by atoms with E-state index in [9.17, 15) is 19.2 Å². The van der Waals surface area contributed by atoms with E-state index in [-0.39, 0.29) is 0 Å². The van der Waals surface area contributed by atoms with Gasteiger partial charge >= 0.3 is 23.9 Å². The van der Waals surface area contributed by atoms with Gasteiger partial charge in [0.05, 0.1) is 49.2 Å². The van der Waals surface area contributed by atoms with E-state index in [1.54, 1.807) is 91.0 Å². The van der Waals surface area contributed by atoms with E-state index in [1.807, 2.05) is 31.2 Å². The molecule has 11 nitrogen and oxygen atoms in total. The van der Waals surface area contributed by atoms with Crippen LogP contribution in [-0.4, -0.2) is 56.4 Å². The van der Waals surface area contributed by atoms with E-state index in [1.165, 1.54) is 38.2 Å². The third-order valence-corrected chi connectivity index (χ3v) is 11.7. The van der Waals surface area contributed by atoms with Crippen LogP contribution in [0.3, 0.4) is 0 Å². The number of hydrogen-bond acceptors (Lipinski definition) is 11. The first kappa shape index (κ1) is 48.9. The number of carbonyl (C=O) groups is 4. The molecule has 0 N–H and O–H groups in total. The first-order chi connectivity index (χ1) is 33.2. The van der Waals surface area contributed by atoms with Crippen LogP contribution in [0.15, 0.2) is 128 Å². The molecular formula is C57H60O11. The molecule has 0 radical (unpaired) electrons. The summed E-state index contributed by atoms with van der Waals surface area (Å²) in [7, 11) is 0. The second-order valence-corrected chi connectivity index (χ2v) is 17.0. The Labute approximate surface area is 398 Å². The molecule has 1 atom stereocenters. The summed E-state index contributed by atoms with van der Waals surface area (Å²) in [5, 5.41) is 3.35. The topological polar surface area (TPSA) is 136 Å². The molecule has 1 heterocycles. The summed E-state index contributed by atoms with van der Waals surface area (Å²) in [6.45, 7) is 7.95. The fraction of sp³-hybridized carbons (Fsp3) is 0.333. The van der Waals surface area contributed by atoms with Crippen LogP contribution < -0.4 is 23.7 Å². The zero-order chi connectivity index (χ0) is 47.5. The summed E-state index contributed by atoms with van der Waals surface area (Å²) in [4.78, 5) is 50.9. The first-order valence-electron chi connectivity index (χ1n) is 23.9. The molecule has 6 aromatic rings. The molecular weight excluding hydrogens is 861 g/mol. The summed E-state index contributed by atoms with van der Waals surface area (Å²) in [6, 6.07) is 33.5. The van der Waals surface area contributed by atoms with Gasteiger partial charge in [0.1, 0.15) is 28.7 Å². The number of esters is 4. The third kappa shape index (κ3) is 15.0. The largest absolute Gasteiger partial charge is 0.494 e. The molecule has 0 bridgehead atoms. The zero-order valence-corrected chi connectivity index (χ0v) is 38.8. The highest BCUT2D eigenvalue weighted by molar-refractivity contribution is 5.98. The second kappa shape index (κ2) is 25.2. The van der Waals surface area contributed by atoms with Crippen LogP contribution in [0.5, 0.6) is 28.7 Å². The minimum Gasteiger partial charge on any atom is -0.494 e. The Morgan fingerprint density at radius 1 is 0.529 bits per heavy atom. The van der Waals surface area contributed by atoms with E-state index < -0.39 is 23.9 Å². The number of hydrogen-bond donors (Lipinski definition) is 0. The number of unbranched alkanes of at least 4 members (excludes halogenated alkanes) is 8. The Hall–Kier alpha value is -6.98. The van der Waals surface area contributed by atoms with Gasteiger partial charge in [-0.1, -0.05) is 76.3 Å². The smallest absolute Gasteiger partial charge is 0.343 e. The average molecular weight is 921 g/mol. The maximum Gasteiger partial charge on any atom is 0.343 e. The van der Waals surface area contributed by atoms with Crippen molar-refractivity contribution in [1.82, 2.24) is 0 Å². The molecule has 1 saturated heterocycles. The molecule has 0 aromatic heterocycles. The Morgan fingerprint density at radius 2 is 1.00 bits per heavy atom. The van der Waals surface area contributed by atoms with Crippen LogP contribution in [-0.2, 0) is 20.7 Å². The van der Waals surface area contributed by atoms with Crippen molar-refractivity contribution in [3.63, 3.8) is 0 Å². The number of aryl methyl sites for hydroxylation is 1. The van der Waals surface area contributed by atoms with Gasteiger partial charge in [-0.2, -0.15) is 0 Å². The maximum absolute atomic E-state index is 13.5. The summed E-state index contributed by atoms with van der Waals surface area (Å²) in [5.41, 5.74) is 1.89. The van der Waals surface area contributed by atoms with E-state index >= 15 is 0 Å². The fourth-order valence-corrected chi connectivity index (χ4v) is 7.80. The van der Waals surface area contributed by atoms with Crippen molar-refractivity contribution < 1.29 is 52.3 Å². The predicted octanol–water partition coefficient (Wildman–Crippen LogP) is 12.8. The highest BCUT2D eigenvalue weighted by Crippen LogP contribution is 2.30. The van der Waals surface area contributed by atoms with Gasteiger partial charge in [0, 0.05) is 6.08 Å². The van der Waals surface area contributed by atoms with E-state index in [4.69, 9.17) is 33.2 Å². The zero-order valence-electron chi connectivity index (χ0n) is 38.8. The molecule has 7 rings (SSSR count). The lowest BCUT2D eigenvalue weighted by molar-refractivity contribution is -0.137. The lowest BCUT2D eigenvalue weighted by atomic mass is 10.1. The summed E-state index contributed by atoms with van der Waals surface area (Å²) < 4.78 is 39.5. The van der Waals surface area contributed by atoms with Gasteiger partial charge in [0.25, 0.3) is 0 Å². The van der Waals surface area contributed by atoms with E-state index in [0.29, 0.717) is 66.3 Å². The van der Waals surface area contributed by atoms with Crippen molar-refractivity contribution in [2.75, 3.05) is 26.4 Å². The van der Waals surface area contributed by atoms with Crippen LogP contribution in [0, 0.1) is 0 Å². The van der Waals surface area contributed by atoms with Crippen molar-refractivity contribution in [3.8, 4) is 28.7 Å². The average Bonchev–Trinajstić information content (AvgIpc) is 4.19. The van der Waals surface area contributed by atoms with E-state index in [0.717, 1.165) is 90.2 Å². The molecule has 68 heavy (non-hydrogen) atoms. The van der Waals surface area contributed by atoms with Gasteiger partial charge in [-0.15, -0.1) is 0 Å². The van der Waals surface area contributed by atoms with Gasteiger partial charge in [0.2, 0.25) is 0 Å². The number of epoxide rings is 1. The number of fused-ring (bicyclic) bond motifs is 2. The van der Waals surface area contributed by atoms with Crippen molar-refractivity contribution in [1.29, 1.82) is 0 Å². The molecule has 1 aliphatic heterocycles. The molecule has 1 fully saturated rings. The second-order valence-electron chi connectivity index (χ2n) is 17.0. The van der Waals surface area contributed by atoms with Crippen molar-refractivity contribution in [3.05, 3.63) is 150 Å². The minimum absolute atomic E-state index is 0.339. The van der Waals surface area contributed by atoms with Crippen molar-refractivity contribution in [2.24, 2.45) is 0 Å². The molecule has 6 aromatic carbocycles. The summed E-state index contributed by atoms with van der Waals surface area (Å²) in [5.74, 6) is 0.638. The Kier molecular flexibility index (Phi) is 18.2. The van der Waals surface area contributed by atoms with Gasteiger partial charge in [-0.25, -0.2) is 19.2 Å². The number of benzene rings is 6. The Balaban J connectivity index is 0.862. The molecule has 0 unspecified atom stereocenters. The molecule has 0 amide bonds. The van der Waals surface area contributed by atoms with Gasteiger partial charge in [-0.05, 0) is 163 Å². The van der Waals surface area contributed by atoms with E-state index in [2.05, 4.69) is 6.58 Å². The summed E-state index contributed by atoms with van der Waals surface area (Å²) >= 11 is 0. The molecule has 1 aliphatic rings. The quantitative estimate of drug-likeness (QED) is 0.0160. The monoisotopic (exact) mass is 920 g/mol. The Morgan fingerprint density at radius 3 is 1.63 bits per heavy atom. The molecule has 354 valence electrons. The van der Waals surface area contributed by atoms with Crippen LogP contribution in [0.1, 0.15) is 121 Å². The third-order valence-electron chi connectivity index (χ3n) is 11.7. The van der Waals surface area contributed by atoms with Crippen molar-refractivity contribution >= 4 is 45.4 Å². The predicted molar refractivity (Wildman–Crippen MR) is 262 cm³/mol. The fourth-order valence-electron chi connectivity index (χ4n) is 7.80. The van der Waals surface area contributed by atoms with Gasteiger partial charge in [-0.3, -0.25) is 0 Å².